The molecular formula is C10H10BNO6. The minimum atomic E-state index is -1.41. The molecule has 0 fully saturated rings. The van der Waals surface area contributed by atoms with Gasteiger partial charge in [-0.25, -0.2) is 9.59 Å². The van der Waals surface area contributed by atoms with Crippen molar-refractivity contribution in [2.75, 3.05) is 0 Å². The quantitative estimate of drug-likeness (QED) is 0.548. The highest BCUT2D eigenvalue weighted by molar-refractivity contribution is 6.46. The molecule has 4 N–H and O–H groups in total. The van der Waals surface area contributed by atoms with Gasteiger partial charge in [0.05, 0.1) is 11.5 Å². The zero-order chi connectivity index (χ0) is 13.3. The Morgan fingerprint density at radius 3 is 2.72 bits per heavy atom. The zero-order valence-electron chi connectivity index (χ0n) is 9.16. The lowest BCUT2D eigenvalue weighted by Crippen LogP contribution is -2.52. The molecule has 7 nitrogen and oxygen atoms in total. The third-order valence-corrected chi connectivity index (χ3v) is 2.66. The molecule has 0 radical (unpaired) electrons. The van der Waals surface area contributed by atoms with Crippen LogP contribution in [0.25, 0.3) is 0 Å². The summed E-state index contributed by atoms with van der Waals surface area (Å²) in [6.07, 6.45) is -1.11. The summed E-state index contributed by atoms with van der Waals surface area (Å²) >= 11 is 0. The summed E-state index contributed by atoms with van der Waals surface area (Å²) in [7, 11) is -1.41. The van der Waals surface area contributed by atoms with Crippen LogP contribution in [-0.4, -0.2) is 40.4 Å². The van der Waals surface area contributed by atoms with Gasteiger partial charge in [0.15, 0.2) is 0 Å². The Morgan fingerprint density at radius 2 is 2.11 bits per heavy atom. The second kappa shape index (κ2) is 4.57. The number of carbonyl (C=O) groups is 2. The van der Waals surface area contributed by atoms with Gasteiger partial charge in [-0.15, -0.1) is 0 Å². The maximum atomic E-state index is 11.0. The topological polar surface area (TPSA) is 116 Å². The van der Waals surface area contributed by atoms with Gasteiger partial charge >= 0.3 is 19.2 Å². The third-order valence-electron chi connectivity index (χ3n) is 2.66. The average Bonchev–Trinajstić information content (AvgIpc) is 2.28. The van der Waals surface area contributed by atoms with Gasteiger partial charge in [0.1, 0.15) is 5.75 Å². The van der Waals surface area contributed by atoms with Crippen LogP contribution in [0.4, 0.5) is 4.79 Å². The van der Waals surface area contributed by atoms with Gasteiger partial charge in [0.25, 0.3) is 0 Å². The van der Waals surface area contributed by atoms with E-state index in [1.165, 1.54) is 6.07 Å². The van der Waals surface area contributed by atoms with Gasteiger partial charge in [0.2, 0.25) is 0 Å². The van der Waals surface area contributed by atoms with Crippen molar-refractivity contribution in [3.63, 3.8) is 0 Å². The smallest absolute Gasteiger partial charge is 0.534 e. The number of hydrogen-bond donors (Lipinski definition) is 4. The Bertz CT molecular complexity index is 505. The van der Waals surface area contributed by atoms with Gasteiger partial charge < -0.3 is 25.2 Å². The van der Waals surface area contributed by atoms with E-state index in [0.717, 1.165) is 0 Å². The number of para-hydroxylation sites is 1. The van der Waals surface area contributed by atoms with Crippen molar-refractivity contribution in [1.82, 2.24) is 5.32 Å². The summed E-state index contributed by atoms with van der Waals surface area (Å²) < 4.78 is 5.09. The van der Waals surface area contributed by atoms with E-state index in [1.54, 1.807) is 12.1 Å². The first-order valence-corrected chi connectivity index (χ1v) is 5.18. The molecule has 1 heterocycles. The van der Waals surface area contributed by atoms with Crippen molar-refractivity contribution < 1.29 is 29.5 Å². The summed E-state index contributed by atoms with van der Waals surface area (Å²) in [5.74, 6) is -1.90. The highest BCUT2D eigenvalue weighted by Crippen LogP contribution is 2.29. The molecule has 0 saturated carbocycles. The predicted molar refractivity (Wildman–Crippen MR) is 60.7 cm³/mol. The highest BCUT2D eigenvalue weighted by Gasteiger charge is 2.37. The molecular weight excluding hydrogens is 241 g/mol. The van der Waals surface area contributed by atoms with Crippen LogP contribution in [0.15, 0.2) is 18.2 Å². The van der Waals surface area contributed by atoms with E-state index in [4.69, 9.17) is 14.9 Å². The number of fused-ring (bicyclic) bond motifs is 1. The Morgan fingerprint density at radius 1 is 1.39 bits per heavy atom. The summed E-state index contributed by atoms with van der Waals surface area (Å²) in [6, 6.07) is 4.53. The number of rotatable bonds is 2. The van der Waals surface area contributed by atoms with Gasteiger partial charge in [-0.1, -0.05) is 12.1 Å². The molecule has 0 saturated heterocycles. The number of carboxylic acids is 1. The van der Waals surface area contributed by atoms with E-state index < -0.39 is 25.1 Å². The fraction of sp³-hybridized carbons (Fsp3) is 0.200. The molecule has 0 aromatic heterocycles. The third kappa shape index (κ3) is 2.23. The molecule has 0 aliphatic carbocycles. The molecule has 18 heavy (non-hydrogen) atoms. The number of hydrogen-bond acceptors (Lipinski definition) is 4. The standard InChI is InChI=1S/C10H10BNO6/c13-9(14)6-3-1-2-5-4-7(12-10(15)16)11(17)18-8(5)6/h1-3,7,12,17H,4H2,(H,13,14)(H,15,16). The Kier molecular flexibility index (Phi) is 3.11. The molecule has 1 atom stereocenters. The lowest BCUT2D eigenvalue weighted by molar-refractivity contribution is 0.0694. The Labute approximate surface area is 102 Å². The first-order chi connectivity index (χ1) is 8.49. The summed E-state index contributed by atoms with van der Waals surface area (Å²) in [5.41, 5.74) is 0.485. The molecule has 0 spiro atoms. The maximum Gasteiger partial charge on any atom is 0.547 e. The molecule has 1 aliphatic heterocycles. The minimum Gasteiger partial charge on any atom is -0.534 e. The molecule has 1 unspecified atom stereocenters. The zero-order valence-corrected chi connectivity index (χ0v) is 9.16. The average molecular weight is 251 g/mol. The maximum absolute atomic E-state index is 11.0. The minimum absolute atomic E-state index is 0.0553. The van der Waals surface area contributed by atoms with Crippen molar-refractivity contribution in [2.24, 2.45) is 0 Å². The lowest BCUT2D eigenvalue weighted by Gasteiger charge is -2.27. The first kappa shape index (κ1) is 12.2. The van der Waals surface area contributed by atoms with E-state index >= 15 is 0 Å². The number of amides is 1. The van der Waals surface area contributed by atoms with Crippen LogP contribution >= 0.6 is 0 Å². The van der Waals surface area contributed by atoms with Crippen LogP contribution in [0, 0.1) is 0 Å². The summed E-state index contributed by atoms with van der Waals surface area (Å²) in [4.78, 5) is 21.5. The van der Waals surface area contributed by atoms with Crippen LogP contribution < -0.4 is 9.97 Å². The van der Waals surface area contributed by atoms with Crippen molar-refractivity contribution in [1.29, 1.82) is 0 Å². The van der Waals surface area contributed by atoms with E-state index in [0.29, 0.717) is 5.56 Å². The number of carboxylic acid groups (broad SMARTS) is 2. The molecule has 1 aliphatic rings. The monoisotopic (exact) mass is 251 g/mol. The Hall–Kier alpha value is -2.22. The Balaban J connectivity index is 2.33. The second-order valence-electron chi connectivity index (χ2n) is 3.87. The molecule has 1 amide bonds. The number of aromatic carboxylic acids is 1. The number of benzene rings is 1. The van der Waals surface area contributed by atoms with Gasteiger partial charge in [-0.2, -0.15) is 0 Å². The van der Waals surface area contributed by atoms with Crippen molar-refractivity contribution in [3.8, 4) is 5.75 Å². The normalized spacial score (nSPS) is 17.6. The van der Waals surface area contributed by atoms with Gasteiger partial charge in [-0.3, -0.25) is 0 Å². The molecule has 0 bridgehead atoms. The fourth-order valence-electron chi connectivity index (χ4n) is 1.87. The van der Waals surface area contributed by atoms with Gasteiger partial charge in [0, 0.05) is 0 Å². The van der Waals surface area contributed by atoms with Crippen LogP contribution in [0.1, 0.15) is 15.9 Å². The van der Waals surface area contributed by atoms with Crippen molar-refractivity contribution >= 4 is 19.2 Å². The molecule has 94 valence electrons. The van der Waals surface area contributed by atoms with E-state index in [1.807, 2.05) is 0 Å². The van der Waals surface area contributed by atoms with Crippen molar-refractivity contribution in [2.45, 2.75) is 12.4 Å². The molecule has 8 heteroatoms. The summed E-state index contributed by atoms with van der Waals surface area (Å²) in [6.45, 7) is 0. The first-order valence-electron chi connectivity index (χ1n) is 5.18. The highest BCUT2D eigenvalue weighted by atomic mass is 16.5. The van der Waals surface area contributed by atoms with Crippen LogP contribution in [-0.2, 0) is 6.42 Å². The van der Waals surface area contributed by atoms with E-state index in [9.17, 15) is 14.6 Å². The van der Waals surface area contributed by atoms with Gasteiger partial charge in [-0.05, 0) is 18.1 Å². The molecule has 1 aromatic carbocycles. The van der Waals surface area contributed by atoms with Crippen LogP contribution in [0.2, 0.25) is 0 Å². The number of nitrogens with one attached hydrogen (secondary N) is 1. The van der Waals surface area contributed by atoms with Crippen molar-refractivity contribution in [3.05, 3.63) is 29.3 Å². The van der Waals surface area contributed by atoms with E-state index in [2.05, 4.69) is 5.32 Å². The fourth-order valence-corrected chi connectivity index (χ4v) is 1.87. The largest absolute Gasteiger partial charge is 0.547 e. The summed E-state index contributed by atoms with van der Waals surface area (Å²) in [5, 5.41) is 29.3. The van der Waals surface area contributed by atoms with E-state index in [-0.39, 0.29) is 17.7 Å². The predicted octanol–water partition coefficient (Wildman–Crippen LogP) is -0.0244. The second-order valence-corrected chi connectivity index (χ2v) is 3.87. The van der Waals surface area contributed by atoms with Crippen LogP contribution in [0.3, 0.4) is 0 Å². The molecule has 2 rings (SSSR count). The lowest BCUT2D eigenvalue weighted by atomic mass is 9.72. The van der Waals surface area contributed by atoms with Crippen LogP contribution in [0.5, 0.6) is 5.75 Å². The SMILES string of the molecule is O=C(O)NC1Cc2cccc(C(=O)O)c2OB1O. The molecule has 1 aromatic rings.